The van der Waals surface area contributed by atoms with E-state index >= 15 is 0 Å². The van der Waals surface area contributed by atoms with E-state index in [1.165, 1.54) is 0 Å². The first-order chi connectivity index (χ1) is 8.26. The van der Waals surface area contributed by atoms with Gasteiger partial charge in [0.05, 0.1) is 0 Å². The molecule has 4 heteroatoms. The molecule has 0 radical (unpaired) electrons. The maximum absolute atomic E-state index is 4.48. The molecule has 0 aromatic carbocycles. The molecule has 0 fully saturated rings. The van der Waals surface area contributed by atoms with Gasteiger partial charge in [-0.3, -0.25) is 0 Å². The van der Waals surface area contributed by atoms with Gasteiger partial charge in [-0.15, -0.1) is 0 Å². The van der Waals surface area contributed by atoms with Crippen LogP contribution in [0.3, 0.4) is 0 Å². The van der Waals surface area contributed by atoms with E-state index in [1.54, 1.807) is 0 Å². The fourth-order valence-corrected chi connectivity index (χ4v) is 1.57. The Morgan fingerprint density at radius 3 is 2.44 bits per heavy atom. The molecule has 0 saturated carbocycles. The highest BCUT2D eigenvalue weighted by Crippen LogP contribution is 2.15. The average Bonchev–Trinajstić information content (AvgIpc) is 2.12. The molecule has 1 aromatic rings. The zero-order chi connectivity index (χ0) is 13.8. The molecular weight excluding hydrogens is 224 g/mol. The summed E-state index contributed by atoms with van der Waals surface area (Å²) in [6.07, 6.45) is 1.12. The molecular formula is C14H26N4. The molecule has 102 valence electrons. The molecule has 0 saturated heterocycles. The van der Waals surface area contributed by atoms with Gasteiger partial charge in [0.2, 0.25) is 5.95 Å². The minimum absolute atomic E-state index is 0.00992. The van der Waals surface area contributed by atoms with Gasteiger partial charge in [-0.25, -0.2) is 4.98 Å². The van der Waals surface area contributed by atoms with E-state index in [2.05, 4.69) is 55.2 Å². The molecule has 2 N–H and O–H groups in total. The predicted octanol–water partition coefficient (Wildman–Crippen LogP) is 3.45. The number of hydrogen-bond acceptors (Lipinski definition) is 4. The molecule has 1 heterocycles. The summed E-state index contributed by atoms with van der Waals surface area (Å²) in [7, 11) is 0. The fraction of sp³-hybridized carbons (Fsp3) is 0.714. The van der Waals surface area contributed by atoms with Crippen molar-refractivity contribution in [1.29, 1.82) is 0 Å². The van der Waals surface area contributed by atoms with Crippen molar-refractivity contribution >= 4 is 11.8 Å². The van der Waals surface area contributed by atoms with Crippen molar-refractivity contribution in [3.8, 4) is 0 Å². The first-order valence-corrected chi connectivity index (χ1v) is 6.64. The Kier molecular flexibility index (Phi) is 4.93. The van der Waals surface area contributed by atoms with E-state index < -0.39 is 0 Å². The number of hydrogen-bond donors (Lipinski definition) is 2. The topological polar surface area (TPSA) is 49.8 Å². The molecule has 0 aliphatic carbocycles. The smallest absolute Gasteiger partial charge is 0.224 e. The summed E-state index contributed by atoms with van der Waals surface area (Å²) < 4.78 is 0. The molecule has 0 aliphatic heterocycles. The summed E-state index contributed by atoms with van der Waals surface area (Å²) in [6.45, 7) is 13.7. The maximum Gasteiger partial charge on any atom is 0.224 e. The van der Waals surface area contributed by atoms with Crippen molar-refractivity contribution in [2.75, 3.05) is 17.2 Å². The van der Waals surface area contributed by atoms with Gasteiger partial charge < -0.3 is 10.6 Å². The minimum Gasteiger partial charge on any atom is -0.365 e. The molecule has 0 bridgehead atoms. The van der Waals surface area contributed by atoms with Gasteiger partial charge >= 0.3 is 0 Å². The lowest BCUT2D eigenvalue weighted by molar-refractivity contribution is 0.605. The summed E-state index contributed by atoms with van der Waals surface area (Å²) >= 11 is 0. The Bertz CT molecular complexity index is 380. The number of nitrogens with one attached hydrogen (secondary N) is 2. The zero-order valence-electron chi connectivity index (χ0n) is 12.5. The third kappa shape index (κ3) is 5.84. The maximum atomic E-state index is 4.48. The van der Waals surface area contributed by atoms with E-state index in [9.17, 15) is 0 Å². The lowest BCUT2D eigenvalue weighted by atomic mass is 10.1. The first-order valence-electron chi connectivity index (χ1n) is 6.64. The molecule has 1 aromatic heterocycles. The Hall–Kier alpha value is -1.32. The van der Waals surface area contributed by atoms with Crippen LogP contribution in [0, 0.1) is 12.8 Å². The van der Waals surface area contributed by atoms with E-state index in [-0.39, 0.29) is 5.54 Å². The third-order valence-electron chi connectivity index (χ3n) is 2.36. The van der Waals surface area contributed by atoms with E-state index in [0.717, 1.165) is 24.5 Å². The quantitative estimate of drug-likeness (QED) is 0.840. The van der Waals surface area contributed by atoms with Crippen LogP contribution in [0.5, 0.6) is 0 Å². The van der Waals surface area contributed by atoms with Crippen LogP contribution in [0.1, 0.15) is 46.7 Å². The van der Waals surface area contributed by atoms with Crippen LogP contribution in [0.15, 0.2) is 6.07 Å². The number of anilines is 2. The van der Waals surface area contributed by atoms with Gasteiger partial charge in [-0.05, 0) is 40.0 Å². The average molecular weight is 250 g/mol. The highest BCUT2D eigenvalue weighted by Gasteiger charge is 2.11. The van der Waals surface area contributed by atoms with Crippen LogP contribution < -0.4 is 10.6 Å². The summed E-state index contributed by atoms with van der Waals surface area (Å²) in [5, 5.41) is 6.65. The molecule has 18 heavy (non-hydrogen) atoms. The first kappa shape index (κ1) is 14.7. The monoisotopic (exact) mass is 250 g/mol. The second-order valence-corrected chi connectivity index (χ2v) is 6.20. The largest absolute Gasteiger partial charge is 0.365 e. The highest BCUT2D eigenvalue weighted by atomic mass is 15.2. The Morgan fingerprint density at radius 1 is 1.22 bits per heavy atom. The van der Waals surface area contributed by atoms with Crippen LogP contribution in [-0.2, 0) is 0 Å². The highest BCUT2D eigenvalue weighted by molar-refractivity contribution is 5.43. The Morgan fingerprint density at radius 2 is 1.89 bits per heavy atom. The number of aryl methyl sites for hydroxylation is 1. The lowest BCUT2D eigenvalue weighted by Crippen LogP contribution is -2.27. The number of nitrogens with zero attached hydrogens (tertiary/aromatic N) is 2. The normalized spacial score (nSPS) is 11.7. The van der Waals surface area contributed by atoms with Gasteiger partial charge in [0.15, 0.2) is 0 Å². The van der Waals surface area contributed by atoms with E-state index in [1.807, 2.05) is 13.0 Å². The van der Waals surface area contributed by atoms with E-state index in [0.29, 0.717) is 11.9 Å². The lowest BCUT2D eigenvalue weighted by Gasteiger charge is -2.21. The molecule has 0 atom stereocenters. The predicted molar refractivity (Wildman–Crippen MR) is 78.1 cm³/mol. The van der Waals surface area contributed by atoms with Crippen LogP contribution in [0.2, 0.25) is 0 Å². The Labute approximate surface area is 111 Å². The summed E-state index contributed by atoms with van der Waals surface area (Å²) in [5.74, 6) is 2.28. The van der Waals surface area contributed by atoms with Gasteiger partial charge in [0.25, 0.3) is 0 Å². The number of aromatic nitrogens is 2. The van der Waals surface area contributed by atoms with Crippen molar-refractivity contribution in [2.24, 2.45) is 5.92 Å². The molecule has 1 rings (SSSR count). The van der Waals surface area contributed by atoms with Crippen molar-refractivity contribution in [3.63, 3.8) is 0 Å². The van der Waals surface area contributed by atoms with Crippen molar-refractivity contribution in [3.05, 3.63) is 11.8 Å². The van der Waals surface area contributed by atoms with Crippen LogP contribution in [-0.4, -0.2) is 22.1 Å². The summed E-state index contributed by atoms with van der Waals surface area (Å²) in [4.78, 5) is 8.88. The molecule has 4 nitrogen and oxygen atoms in total. The molecule has 0 amide bonds. The summed E-state index contributed by atoms with van der Waals surface area (Å²) in [6, 6.07) is 1.97. The summed E-state index contributed by atoms with van der Waals surface area (Å²) in [5.41, 5.74) is 0.986. The Balaban J connectivity index is 2.69. The zero-order valence-corrected chi connectivity index (χ0v) is 12.5. The van der Waals surface area contributed by atoms with Crippen molar-refractivity contribution < 1.29 is 0 Å². The van der Waals surface area contributed by atoms with Crippen molar-refractivity contribution in [2.45, 2.75) is 53.5 Å². The molecule has 0 unspecified atom stereocenters. The minimum atomic E-state index is 0.00992. The second-order valence-electron chi connectivity index (χ2n) is 6.20. The van der Waals surface area contributed by atoms with Crippen LogP contribution >= 0.6 is 0 Å². The third-order valence-corrected chi connectivity index (χ3v) is 2.36. The van der Waals surface area contributed by atoms with Crippen LogP contribution in [0.4, 0.5) is 11.8 Å². The number of rotatable bonds is 5. The van der Waals surface area contributed by atoms with Gasteiger partial charge in [-0.2, -0.15) is 4.98 Å². The van der Waals surface area contributed by atoms with Crippen molar-refractivity contribution in [1.82, 2.24) is 9.97 Å². The second kappa shape index (κ2) is 6.03. The standard InChI is InChI=1S/C14H26N4/c1-10(2)7-8-15-13-16-11(3)9-12(17-13)18-14(4,5)6/h9-10H,7-8H2,1-6H3,(H2,15,16,17,18). The van der Waals surface area contributed by atoms with Crippen LogP contribution in [0.25, 0.3) is 0 Å². The fourth-order valence-electron chi connectivity index (χ4n) is 1.57. The molecule has 0 spiro atoms. The van der Waals surface area contributed by atoms with E-state index in [4.69, 9.17) is 0 Å². The van der Waals surface area contributed by atoms with Gasteiger partial charge in [0, 0.05) is 23.8 Å². The van der Waals surface area contributed by atoms with Gasteiger partial charge in [-0.1, -0.05) is 13.8 Å². The SMILES string of the molecule is Cc1cc(NC(C)(C)C)nc(NCCC(C)C)n1. The van der Waals surface area contributed by atoms with Gasteiger partial charge in [0.1, 0.15) is 5.82 Å². The molecule has 0 aliphatic rings.